The number of benzene rings is 1. The van der Waals surface area contributed by atoms with Crippen molar-refractivity contribution in [2.24, 2.45) is 0 Å². The van der Waals surface area contributed by atoms with E-state index in [-0.39, 0.29) is 0 Å². The standard InChI is InChI=1S/C12H14O.C5H5.C3H6.Ti/c1-4-10(2)9-13-12-7-5-6-11(3)8-12;1-2-4-5-3-1;1-3-2;/h4-9H,1H2,2-3H3;1-3H,4H2;1-2H3;/q;-1;;+1. The summed E-state index contributed by atoms with van der Waals surface area (Å²) in [4.78, 5) is 0. The van der Waals surface area contributed by atoms with Gasteiger partial charge in [0.15, 0.2) is 0 Å². The van der Waals surface area contributed by atoms with Gasteiger partial charge >= 0.3 is 37.6 Å². The minimum absolute atomic E-state index is 0.862. The van der Waals surface area contributed by atoms with Crippen LogP contribution in [0, 0.1) is 13.0 Å². The molecular formula is C20H25OTi. The van der Waals surface area contributed by atoms with Gasteiger partial charge in [-0.05, 0) is 37.1 Å². The number of rotatable bonds is 3. The predicted octanol–water partition coefficient (Wildman–Crippen LogP) is 5.51. The molecule has 1 aromatic rings. The molecule has 0 N–H and O–H groups in total. The molecule has 22 heavy (non-hydrogen) atoms. The molecule has 1 aromatic carbocycles. The molecule has 0 bridgehead atoms. The van der Waals surface area contributed by atoms with Gasteiger partial charge < -0.3 is 4.74 Å². The van der Waals surface area contributed by atoms with Crippen molar-refractivity contribution in [2.45, 2.75) is 34.1 Å². The Morgan fingerprint density at radius 2 is 2.00 bits per heavy atom. The van der Waals surface area contributed by atoms with Gasteiger partial charge in [0, 0.05) is 0 Å². The minimum atomic E-state index is 0.862. The van der Waals surface area contributed by atoms with Gasteiger partial charge in [0.1, 0.15) is 5.75 Å². The van der Waals surface area contributed by atoms with E-state index in [9.17, 15) is 0 Å². The molecular weight excluding hydrogens is 304 g/mol. The third-order valence-electron chi connectivity index (χ3n) is 2.28. The number of hydrogen-bond donors (Lipinski definition) is 0. The second-order valence-corrected chi connectivity index (χ2v) is 6.56. The van der Waals surface area contributed by atoms with Crippen molar-refractivity contribution in [3.05, 3.63) is 78.6 Å². The summed E-state index contributed by atoms with van der Waals surface area (Å²) < 4.78 is 6.82. The van der Waals surface area contributed by atoms with Gasteiger partial charge in [-0.1, -0.05) is 24.8 Å². The van der Waals surface area contributed by atoms with E-state index in [1.165, 1.54) is 9.37 Å². The zero-order valence-electron chi connectivity index (χ0n) is 14.0. The van der Waals surface area contributed by atoms with Crippen molar-refractivity contribution in [1.82, 2.24) is 0 Å². The summed E-state index contributed by atoms with van der Waals surface area (Å²) in [6, 6.07) is 7.94. The molecule has 0 atom stereocenters. The van der Waals surface area contributed by atoms with Gasteiger partial charge in [0.2, 0.25) is 0 Å². The summed E-state index contributed by atoms with van der Waals surface area (Å²) in [7, 11) is 0. The van der Waals surface area contributed by atoms with Gasteiger partial charge in [-0.3, -0.25) is 6.08 Å². The molecule has 0 unspecified atom stereocenters. The smallest absolute Gasteiger partial charge is 0.109 e. The molecule has 1 nitrogen and oxygen atoms in total. The number of hydrogen-bond acceptors (Lipinski definition) is 1. The third kappa shape index (κ3) is 13.5. The van der Waals surface area contributed by atoms with Crippen molar-refractivity contribution in [3.63, 3.8) is 0 Å². The molecule has 0 saturated heterocycles. The Kier molecular flexibility index (Phi) is 12.4. The van der Waals surface area contributed by atoms with Crippen LogP contribution in [0.5, 0.6) is 5.75 Å². The summed E-state index contributed by atoms with van der Waals surface area (Å²) in [5.74, 6) is 0.862. The van der Waals surface area contributed by atoms with Crippen LogP contribution in [0.2, 0.25) is 0 Å². The van der Waals surface area contributed by atoms with Gasteiger partial charge in [0.25, 0.3) is 0 Å². The summed E-state index contributed by atoms with van der Waals surface area (Å²) in [5.41, 5.74) is 2.21. The van der Waals surface area contributed by atoms with Gasteiger partial charge in [0.05, 0.1) is 6.26 Å². The molecule has 1 aliphatic rings. The second kappa shape index (κ2) is 13.2. The molecule has 0 fully saturated rings. The summed E-state index contributed by atoms with van der Waals surface area (Å²) >= 11 is 2.08. The maximum atomic E-state index is 5.41. The Morgan fingerprint density at radius 3 is 2.41 bits per heavy atom. The van der Waals surface area contributed by atoms with E-state index in [1.807, 2.05) is 50.3 Å². The van der Waals surface area contributed by atoms with Crippen LogP contribution in [-0.4, -0.2) is 3.81 Å². The van der Waals surface area contributed by atoms with E-state index in [2.05, 4.69) is 52.6 Å². The van der Waals surface area contributed by atoms with E-state index in [1.54, 1.807) is 12.3 Å². The van der Waals surface area contributed by atoms with Crippen LogP contribution in [0.4, 0.5) is 0 Å². The average Bonchev–Trinajstić information content (AvgIpc) is 3.03. The number of aryl methyl sites for hydroxylation is 1. The Balaban J connectivity index is 0.000000400. The molecule has 0 amide bonds. The van der Waals surface area contributed by atoms with Crippen molar-refractivity contribution in [2.75, 3.05) is 0 Å². The van der Waals surface area contributed by atoms with Crippen molar-refractivity contribution >= 4 is 3.81 Å². The summed E-state index contributed by atoms with van der Waals surface area (Å²) in [5, 5.41) is 0. The molecule has 2 rings (SSSR count). The first-order valence-electron chi connectivity index (χ1n) is 7.21. The van der Waals surface area contributed by atoms with Crippen LogP contribution in [0.25, 0.3) is 0 Å². The fourth-order valence-corrected chi connectivity index (χ4v) is 1.24. The average molecular weight is 329 g/mol. The zero-order chi connectivity index (χ0) is 16.8. The first-order valence-corrected chi connectivity index (χ1v) is 7.99. The van der Waals surface area contributed by atoms with Gasteiger partial charge in [-0.2, -0.15) is 6.08 Å². The molecule has 0 radical (unpaired) electrons. The Hall–Kier alpha value is -1.44. The maximum Gasteiger partial charge on any atom is -0.109 e. The van der Waals surface area contributed by atoms with Crippen LogP contribution < -0.4 is 4.74 Å². The Morgan fingerprint density at radius 1 is 1.32 bits per heavy atom. The van der Waals surface area contributed by atoms with Crippen molar-refractivity contribution in [3.8, 4) is 5.75 Å². The zero-order valence-corrected chi connectivity index (χ0v) is 15.6. The van der Waals surface area contributed by atoms with Crippen LogP contribution >= 0.6 is 0 Å². The molecule has 115 valence electrons. The van der Waals surface area contributed by atoms with Crippen molar-refractivity contribution in [1.29, 1.82) is 0 Å². The predicted molar refractivity (Wildman–Crippen MR) is 93.7 cm³/mol. The normalized spacial score (nSPS) is 11.8. The maximum absolute atomic E-state index is 5.41. The largest absolute Gasteiger partial charge is 0.273 e. The monoisotopic (exact) mass is 329 g/mol. The number of allylic oxidation sites excluding steroid dienone is 6. The van der Waals surface area contributed by atoms with E-state index in [0.29, 0.717) is 0 Å². The van der Waals surface area contributed by atoms with E-state index in [4.69, 9.17) is 4.74 Å². The molecule has 0 aromatic heterocycles. The Labute approximate surface area is 147 Å². The molecule has 0 heterocycles. The van der Waals surface area contributed by atoms with Crippen LogP contribution in [-0.2, 0) is 20.0 Å². The molecule has 0 saturated carbocycles. The molecule has 2 heteroatoms. The fourth-order valence-electron chi connectivity index (χ4n) is 1.24. The minimum Gasteiger partial charge on any atom is -0.273 e. The second-order valence-electron chi connectivity index (χ2n) is 5.00. The molecule has 1 aliphatic carbocycles. The fraction of sp³-hybridized carbons (Fsp3) is 0.250. The van der Waals surface area contributed by atoms with Crippen LogP contribution in [0.3, 0.4) is 0 Å². The van der Waals surface area contributed by atoms with Crippen molar-refractivity contribution < 1.29 is 24.7 Å². The van der Waals surface area contributed by atoms with Gasteiger partial charge in [-0.15, -0.1) is 6.42 Å². The number of ether oxygens (including phenoxy) is 1. The topological polar surface area (TPSA) is 9.23 Å². The molecule has 0 spiro atoms. The summed E-state index contributed by atoms with van der Waals surface area (Å²) in [6.45, 7) is 11.8. The van der Waals surface area contributed by atoms with E-state index >= 15 is 0 Å². The SMILES string of the molecule is C=CC(C)=COc1cccc(C)c1.C[C](C)=[Ti+].[C-]1=CC=CC1. The van der Waals surface area contributed by atoms with Crippen LogP contribution in [0.1, 0.15) is 32.8 Å². The van der Waals surface area contributed by atoms with E-state index in [0.717, 1.165) is 17.7 Å². The van der Waals surface area contributed by atoms with Crippen LogP contribution in [0.15, 0.2) is 67.0 Å². The first kappa shape index (κ1) is 20.6. The first-order chi connectivity index (χ1) is 10.5. The van der Waals surface area contributed by atoms with Gasteiger partial charge in [-0.25, -0.2) is 12.2 Å². The third-order valence-corrected chi connectivity index (χ3v) is 2.28. The quantitative estimate of drug-likeness (QED) is 0.307. The summed E-state index contributed by atoms with van der Waals surface area (Å²) in [6.07, 6.45) is 13.5. The Bertz CT molecular complexity index is 537. The molecule has 0 aliphatic heterocycles. The van der Waals surface area contributed by atoms with E-state index < -0.39 is 0 Å².